The Bertz CT molecular complexity index is 133. The molecule has 0 aromatic heterocycles. The van der Waals surface area contributed by atoms with Gasteiger partial charge in [0.25, 0.3) is 0 Å². The maximum Gasteiger partial charge on any atom is 0.0625 e. The Kier molecular flexibility index (Phi) is 5.27. The van der Waals surface area contributed by atoms with Crippen LogP contribution in [0, 0.1) is 11.3 Å². The Labute approximate surface area is 49.9 Å². The Morgan fingerprint density at radius 1 is 1.62 bits per heavy atom. The summed E-state index contributed by atoms with van der Waals surface area (Å²) in [6, 6.07) is 2.04. The summed E-state index contributed by atoms with van der Waals surface area (Å²) < 4.78 is 0. The molecule has 1 nitrogen and oxygen atoms in total. The molecule has 0 fully saturated rings. The smallest absolute Gasteiger partial charge is 0.0625 e. The lowest BCUT2D eigenvalue weighted by molar-refractivity contribution is 1.06. The molecule has 42 valence electrons. The molecule has 0 saturated carbocycles. The van der Waals surface area contributed by atoms with Crippen LogP contribution in [0.1, 0.15) is 19.8 Å². The Balaban J connectivity index is 3.20. The van der Waals surface area contributed by atoms with Crippen LogP contribution in [0.15, 0.2) is 17.9 Å². The lowest BCUT2D eigenvalue weighted by Crippen LogP contribution is -1.59. The molecular weight excluding hydrogens is 98.1 g/mol. The van der Waals surface area contributed by atoms with E-state index in [1.165, 1.54) is 0 Å². The first-order valence-corrected chi connectivity index (χ1v) is 2.64. The summed E-state index contributed by atoms with van der Waals surface area (Å²) in [5.41, 5.74) is 2.88. The second-order valence-electron chi connectivity index (χ2n) is 1.36. The van der Waals surface area contributed by atoms with E-state index in [1.807, 2.05) is 25.1 Å². The van der Waals surface area contributed by atoms with Crippen LogP contribution in [0.2, 0.25) is 0 Å². The zero-order chi connectivity index (χ0) is 6.24. The Morgan fingerprint density at radius 2 is 2.38 bits per heavy atom. The molecule has 0 amide bonds. The number of hydrogen-bond acceptors (Lipinski definition) is 1. The second kappa shape index (κ2) is 6.01. The van der Waals surface area contributed by atoms with Gasteiger partial charge in [-0.1, -0.05) is 0 Å². The number of unbranched alkanes of at least 4 members (excludes halogenated alkanes) is 1. The molecule has 0 atom stereocenters. The minimum atomic E-state index is 0.598. The number of hydrogen-bond donors (Lipinski definition) is 0. The third kappa shape index (κ3) is 5.01. The van der Waals surface area contributed by atoms with Gasteiger partial charge in [0, 0.05) is 6.42 Å². The molecule has 0 aromatic rings. The Morgan fingerprint density at radius 3 is 2.88 bits per heavy atom. The highest BCUT2D eigenvalue weighted by Crippen LogP contribution is 1.84. The van der Waals surface area contributed by atoms with E-state index >= 15 is 0 Å². The molecule has 1 heteroatoms. The highest BCUT2D eigenvalue weighted by molar-refractivity contribution is 4.84. The van der Waals surface area contributed by atoms with Crippen molar-refractivity contribution < 1.29 is 0 Å². The van der Waals surface area contributed by atoms with Crippen LogP contribution in [0.25, 0.3) is 0 Å². The largest absolute Gasteiger partial charge is 0.198 e. The molecule has 0 saturated heterocycles. The van der Waals surface area contributed by atoms with Crippen molar-refractivity contribution in [2.75, 3.05) is 0 Å². The molecule has 0 radical (unpaired) electrons. The van der Waals surface area contributed by atoms with Crippen molar-refractivity contribution in [3.05, 3.63) is 17.9 Å². The van der Waals surface area contributed by atoms with Crippen LogP contribution in [0.3, 0.4) is 0 Å². The SMILES string of the molecule is CC=C=CCCC#N. The van der Waals surface area contributed by atoms with Gasteiger partial charge in [-0.15, -0.1) is 5.73 Å². The number of nitriles is 1. The second-order valence-corrected chi connectivity index (χ2v) is 1.36. The number of rotatable bonds is 2. The molecule has 0 aliphatic heterocycles. The molecule has 0 aliphatic carbocycles. The van der Waals surface area contributed by atoms with Crippen LogP contribution in [-0.4, -0.2) is 0 Å². The minimum Gasteiger partial charge on any atom is -0.198 e. The zero-order valence-electron chi connectivity index (χ0n) is 5.02. The fraction of sp³-hybridized carbons (Fsp3) is 0.429. The van der Waals surface area contributed by atoms with Crippen LogP contribution < -0.4 is 0 Å². The lowest BCUT2D eigenvalue weighted by Gasteiger charge is -1.72. The van der Waals surface area contributed by atoms with Gasteiger partial charge in [0.2, 0.25) is 0 Å². The molecule has 0 unspecified atom stereocenters. The van der Waals surface area contributed by atoms with E-state index in [9.17, 15) is 0 Å². The maximum absolute atomic E-state index is 8.06. The molecule has 8 heavy (non-hydrogen) atoms. The quantitative estimate of drug-likeness (QED) is 0.391. The first-order valence-electron chi connectivity index (χ1n) is 2.64. The fourth-order valence-corrected chi connectivity index (χ4v) is 0.338. The van der Waals surface area contributed by atoms with Gasteiger partial charge in [0.05, 0.1) is 6.07 Å². The highest BCUT2D eigenvalue weighted by Gasteiger charge is 1.71. The van der Waals surface area contributed by atoms with Crippen molar-refractivity contribution in [1.29, 1.82) is 5.26 Å². The van der Waals surface area contributed by atoms with E-state index in [-0.39, 0.29) is 0 Å². The van der Waals surface area contributed by atoms with Gasteiger partial charge in [-0.3, -0.25) is 0 Å². The van der Waals surface area contributed by atoms with E-state index in [2.05, 4.69) is 5.73 Å². The first-order chi connectivity index (χ1) is 3.91. The van der Waals surface area contributed by atoms with E-state index in [1.54, 1.807) is 0 Å². The third-order valence-corrected chi connectivity index (χ3v) is 0.685. The third-order valence-electron chi connectivity index (χ3n) is 0.685. The van der Waals surface area contributed by atoms with Crippen molar-refractivity contribution in [2.45, 2.75) is 19.8 Å². The van der Waals surface area contributed by atoms with Gasteiger partial charge in [0.1, 0.15) is 0 Å². The minimum absolute atomic E-state index is 0.598. The molecule has 0 N–H and O–H groups in total. The van der Waals surface area contributed by atoms with Gasteiger partial charge in [-0.05, 0) is 25.5 Å². The number of allylic oxidation sites excluding steroid dienone is 1. The molecule has 0 bridgehead atoms. The monoisotopic (exact) mass is 107 g/mol. The molecule has 0 rings (SSSR count). The van der Waals surface area contributed by atoms with Gasteiger partial charge in [-0.2, -0.15) is 5.26 Å². The summed E-state index contributed by atoms with van der Waals surface area (Å²) in [6.45, 7) is 1.91. The normalized spacial score (nSPS) is 6.50. The summed E-state index contributed by atoms with van der Waals surface area (Å²) in [7, 11) is 0. The van der Waals surface area contributed by atoms with Crippen LogP contribution >= 0.6 is 0 Å². The van der Waals surface area contributed by atoms with Crippen LogP contribution in [0.4, 0.5) is 0 Å². The van der Waals surface area contributed by atoms with Gasteiger partial charge >= 0.3 is 0 Å². The van der Waals surface area contributed by atoms with E-state index in [4.69, 9.17) is 5.26 Å². The van der Waals surface area contributed by atoms with E-state index in [0.717, 1.165) is 6.42 Å². The average molecular weight is 107 g/mol. The predicted molar refractivity (Wildman–Crippen MR) is 33.2 cm³/mol. The van der Waals surface area contributed by atoms with Crippen molar-refractivity contribution in [1.82, 2.24) is 0 Å². The van der Waals surface area contributed by atoms with E-state index < -0.39 is 0 Å². The summed E-state index contributed by atoms with van der Waals surface area (Å²) in [5.74, 6) is 0. The first kappa shape index (κ1) is 7.01. The predicted octanol–water partition coefficient (Wildman–Crippen LogP) is 2.02. The summed E-state index contributed by atoms with van der Waals surface area (Å²) in [4.78, 5) is 0. The topological polar surface area (TPSA) is 23.8 Å². The summed E-state index contributed by atoms with van der Waals surface area (Å²) in [6.07, 6.45) is 5.11. The van der Waals surface area contributed by atoms with Crippen LogP contribution in [0.5, 0.6) is 0 Å². The zero-order valence-corrected chi connectivity index (χ0v) is 5.02. The van der Waals surface area contributed by atoms with Gasteiger partial charge in [0.15, 0.2) is 0 Å². The highest BCUT2D eigenvalue weighted by atomic mass is 14.2. The molecular formula is C7H9N. The van der Waals surface area contributed by atoms with Crippen molar-refractivity contribution in [2.24, 2.45) is 0 Å². The van der Waals surface area contributed by atoms with Crippen molar-refractivity contribution >= 4 is 0 Å². The standard InChI is InChI=1S/C7H9N/c1-2-3-4-5-6-7-8/h2,4H,5-6H2,1H3. The molecule has 0 aromatic carbocycles. The maximum atomic E-state index is 8.06. The fourth-order valence-electron chi connectivity index (χ4n) is 0.338. The molecule has 0 aliphatic rings. The van der Waals surface area contributed by atoms with Gasteiger partial charge < -0.3 is 0 Å². The van der Waals surface area contributed by atoms with Crippen molar-refractivity contribution in [3.63, 3.8) is 0 Å². The van der Waals surface area contributed by atoms with Crippen molar-refractivity contribution in [3.8, 4) is 6.07 Å². The van der Waals surface area contributed by atoms with Crippen LogP contribution in [-0.2, 0) is 0 Å². The Hall–Kier alpha value is -0.990. The summed E-state index contributed by atoms with van der Waals surface area (Å²) in [5, 5.41) is 8.06. The number of nitrogens with zero attached hydrogens (tertiary/aromatic N) is 1. The summed E-state index contributed by atoms with van der Waals surface area (Å²) >= 11 is 0. The van der Waals surface area contributed by atoms with E-state index in [0.29, 0.717) is 6.42 Å². The lowest BCUT2D eigenvalue weighted by atomic mass is 10.3. The average Bonchev–Trinajstić information content (AvgIpc) is 1.81. The molecule has 0 spiro atoms. The van der Waals surface area contributed by atoms with Gasteiger partial charge in [-0.25, -0.2) is 0 Å². The molecule has 0 heterocycles.